The molecule has 1 aromatic carbocycles. The highest BCUT2D eigenvalue weighted by Crippen LogP contribution is 2.22. The molecule has 0 saturated carbocycles. The summed E-state index contributed by atoms with van der Waals surface area (Å²) in [6, 6.07) is 7.01. The molecule has 2 heterocycles. The van der Waals surface area contributed by atoms with E-state index in [1.54, 1.807) is 19.6 Å². The number of aromatic nitrogens is 2. The molecule has 3 N–H and O–H groups in total. The molecule has 0 unspecified atom stereocenters. The number of carbonyl (C=O) groups is 1. The van der Waals surface area contributed by atoms with Gasteiger partial charge in [0.15, 0.2) is 0 Å². The van der Waals surface area contributed by atoms with Crippen molar-refractivity contribution >= 4 is 5.91 Å². The Morgan fingerprint density at radius 3 is 2.60 bits per heavy atom. The van der Waals surface area contributed by atoms with Gasteiger partial charge in [0.25, 0.3) is 0 Å². The Hall–Kier alpha value is -2.54. The molecule has 25 heavy (non-hydrogen) atoms. The van der Waals surface area contributed by atoms with Crippen molar-refractivity contribution in [1.82, 2.24) is 14.9 Å². The van der Waals surface area contributed by atoms with Gasteiger partial charge in [0, 0.05) is 44.2 Å². The van der Waals surface area contributed by atoms with Crippen LogP contribution in [0.3, 0.4) is 0 Å². The second-order valence-electron chi connectivity index (χ2n) is 6.21. The Morgan fingerprint density at radius 2 is 2.00 bits per heavy atom. The molecular weight excluding hydrogens is 320 g/mol. The summed E-state index contributed by atoms with van der Waals surface area (Å²) in [6.45, 7) is 1.33. The summed E-state index contributed by atoms with van der Waals surface area (Å²) in [5, 5.41) is 0. The van der Waals surface area contributed by atoms with Crippen LogP contribution in [0.25, 0.3) is 0 Å². The van der Waals surface area contributed by atoms with Crippen molar-refractivity contribution in [1.29, 1.82) is 0 Å². The minimum absolute atomic E-state index is 0.0162. The molecule has 1 amide bonds. The first kappa shape index (κ1) is 17.3. The van der Waals surface area contributed by atoms with Gasteiger partial charge in [0.2, 0.25) is 5.91 Å². The van der Waals surface area contributed by atoms with Crippen LogP contribution < -0.4 is 15.2 Å². The Labute approximate surface area is 147 Å². The van der Waals surface area contributed by atoms with Gasteiger partial charge in [0.1, 0.15) is 17.6 Å². The van der Waals surface area contributed by atoms with Gasteiger partial charge in [-0.25, -0.2) is 4.98 Å². The molecule has 3 rings (SSSR count). The number of methoxy groups -OCH3 is 1. The Kier molecular flexibility index (Phi) is 5.55. The van der Waals surface area contributed by atoms with Crippen LogP contribution in [-0.2, 0) is 11.2 Å². The van der Waals surface area contributed by atoms with Crippen LogP contribution in [0.15, 0.2) is 36.8 Å². The SMILES string of the molecule is COc1ccc(OC2CCN(C(=O)[C@@H](N)Cc3cnc[nH]3)CC2)cc1. The lowest BCUT2D eigenvalue weighted by Gasteiger charge is -2.33. The monoisotopic (exact) mass is 344 g/mol. The van der Waals surface area contributed by atoms with Crippen LogP contribution in [0, 0.1) is 0 Å². The highest BCUT2D eigenvalue weighted by Gasteiger charge is 2.27. The van der Waals surface area contributed by atoms with Gasteiger partial charge in [0.05, 0.1) is 19.5 Å². The number of nitrogens with zero attached hydrogens (tertiary/aromatic N) is 2. The summed E-state index contributed by atoms with van der Waals surface area (Å²) in [6.07, 6.45) is 5.47. The van der Waals surface area contributed by atoms with Crippen LogP contribution in [0.2, 0.25) is 0 Å². The molecule has 0 bridgehead atoms. The van der Waals surface area contributed by atoms with E-state index in [0.29, 0.717) is 19.5 Å². The van der Waals surface area contributed by atoms with Gasteiger partial charge >= 0.3 is 0 Å². The van der Waals surface area contributed by atoms with Crippen molar-refractivity contribution in [3.8, 4) is 11.5 Å². The van der Waals surface area contributed by atoms with E-state index in [0.717, 1.165) is 30.0 Å². The van der Waals surface area contributed by atoms with Crippen molar-refractivity contribution in [2.24, 2.45) is 5.73 Å². The second-order valence-corrected chi connectivity index (χ2v) is 6.21. The average molecular weight is 344 g/mol. The third-order valence-corrected chi connectivity index (χ3v) is 4.43. The third-order valence-electron chi connectivity index (χ3n) is 4.43. The van der Waals surface area contributed by atoms with Crippen molar-refractivity contribution in [2.75, 3.05) is 20.2 Å². The average Bonchev–Trinajstić information content (AvgIpc) is 3.15. The van der Waals surface area contributed by atoms with Crippen LogP contribution in [-0.4, -0.2) is 53.1 Å². The fourth-order valence-electron chi connectivity index (χ4n) is 3.00. The summed E-state index contributed by atoms with van der Waals surface area (Å²) in [5.41, 5.74) is 6.92. The number of amides is 1. The van der Waals surface area contributed by atoms with Crippen molar-refractivity contribution in [3.05, 3.63) is 42.5 Å². The van der Waals surface area contributed by atoms with E-state index >= 15 is 0 Å². The van der Waals surface area contributed by atoms with E-state index in [-0.39, 0.29) is 12.0 Å². The minimum atomic E-state index is -0.542. The minimum Gasteiger partial charge on any atom is -0.497 e. The Bertz CT molecular complexity index is 664. The van der Waals surface area contributed by atoms with Crippen LogP contribution in [0.4, 0.5) is 0 Å². The number of likely N-dealkylation sites (tertiary alicyclic amines) is 1. The quantitative estimate of drug-likeness (QED) is 0.825. The van der Waals surface area contributed by atoms with Gasteiger partial charge in [-0.3, -0.25) is 4.79 Å². The number of hydrogen-bond acceptors (Lipinski definition) is 5. The summed E-state index contributed by atoms with van der Waals surface area (Å²) in [5.74, 6) is 1.61. The first-order valence-corrected chi connectivity index (χ1v) is 8.48. The lowest BCUT2D eigenvalue weighted by atomic mass is 10.1. The van der Waals surface area contributed by atoms with E-state index in [2.05, 4.69) is 9.97 Å². The first-order valence-electron chi connectivity index (χ1n) is 8.48. The molecule has 1 aliphatic heterocycles. The maximum atomic E-state index is 12.5. The van der Waals surface area contributed by atoms with E-state index < -0.39 is 6.04 Å². The zero-order valence-corrected chi connectivity index (χ0v) is 14.4. The maximum absolute atomic E-state index is 12.5. The number of benzene rings is 1. The van der Waals surface area contributed by atoms with Crippen LogP contribution in [0.1, 0.15) is 18.5 Å². The van der Waals surface area contributed by atoms with Gasteiger partial charge < -0.3 is 25.1 Å². The number of imidazole rings is 1. The van der Waals surface area contributed by atoms with Crippen LogP contribution >= 0.6 is 0 Å². The lowest BCUT2D eigenvalue weighted by molar-refractivity contribution is -0.134. The Morgan fingerprint density at radius 1 is 1.32 bits per heavy atom. The van der Waals surface area contributed by atoms with Gasteiger partial charge in [-0.15, -0.1) is 0 Å². The number of carbonyl (C=O) groups excluding carboxylic acids is 1. The molecule has 7 nitrogen and oxygen atoms in total. The second kappa shape index (κ2) is 8.02. The fraction of sp³-hybridized carbons (Fsp3) is 0.444. The molecule has 0 spiro atoms. The van der Waals surface area contributed by atoms with Crippen molar-refractivity contribution in [3.63, 3.8) is 0 Å². The van der Waals surface area contributed by atoms with E-state index in [1.165, 1.54) is 0 Å². The highest BCUT2D eigenvalue weighted by atomic mass is 16.5. The van der Waals surface area contributed by atoms with Crippen molar-refractivity contribution in [2.45, 2.75) is 31.4 Å². The summed E-state index contributed by atoms with van der Waals surface area (Å²) in [7, 11) is 1.64. The number of nitrogens with one attached hydrogen (secondary N) is 1. The zero-order chi connectivity index (χ0) is 17.6. The topological polar surface area (TPSA) is 93.5 Å². The predicted octanol–water partition coefficient (Wildman–Crippen LogP) is 1.36. The maximum Gasteiger partial charge on any atom is 0.239 e. The first-order chi connectivity index (χ1) is 12.2. The summed E-state index contributed by atoms with van der Waals surface area (Å²) in [4.78, 5) is 21.2. The van der Waals surface area contributed by atoms with Gasteiger partial charge in [-0.05, 0) is 24.3 Å². The number of hydrogen-bond donors (Lipinski definition) is 2. The lowest BCUT2D eigenvalue weighted by Crippen LogP contribution is -2.49. The number of ether oxygens (including phenoxy) is 2. The largest absolute Gasteiger partial charge is 0.497 e. The highest BCUT2D eigenvalue weighted by molar-refractivity contribution is 5.82. The van der Waals surface area contributed by atoms with E-state index in [9.17, 15) is 4.79 Å². The van der Waals surface area contributed by atoms with Gasteiger partial charge in [-0.1, -0.05) is 0 Å². The normalized spacial score (nSPS) is 16.5. The smallest absolute Gasteiger partial charge is 0.239 e. The molecule has 0 aliphatic carbocycles. The summed E-state index contributed by atoms with van der Waals surface area (Å²) < 4.78 is 11.1. The van der Waals surface area contributed by atoms with E-state index in [4.69, 9.17) is 15.2 Å². The number of H-pyrrole nitrogens is 1. The van der Waals surface area contributed by atoms with Crippen molar-refractivity contribution < 1.29 is 14.3 Å². The third kappa shape index (κ3) is 4.51. The standard InChI is InChI=1S/C18H24N4O3/c1-24-14-2-4-15(5-3-14)25-16-6-8-22(9-7-16)18(23)17(19)10-13-11-20-12-21-13/h2-5,11-12,16-17H,6-10,19H2,1H3,(H,20,21)/t17-/m0/s1. The molecule has 1 aliphatic rings. The molecule has 134 valence electrons. The molecule has 0 radical (unpaired) electrons. The number of nitrogens with two attached hydrogens (primary N) is 1. The van der Waals surface area contributed by atoms with Crippen LogP contribution in [0.5, 0.6) is 11.5 Å². The summed E-state index contributed by atoms with van der Waals surface area (Å²) >= 11 is 0. The molecule has 1 atom stereocenters. The molecular formula is C18H24N4O3. The Balaban J connectivity index is 1.46. The molecule has 1 saturated heterocycles. The molecule has 7 heteroatoms. The fourth-order valence-corrected chi connectivity index (χ4v) is 3.00. The molecule has 1 fully saturated rings. The number of aromatic amines is 1. The van der Waals surface area contributed by atoms with Gasteiger partial charge in [-0.2, -0.15) is 0 Å². The molecule has 1 aromatic heterocycles. The molecule has 2 aromatic rings. The number of rotatable bonds is 6. The zero-order valence-electron chi connectivity index (χ0n) is 14.4. The number of piperidine rings is 1. The predicted molar refractivity (Wildman–Crippen MR) is 93.5 cm³/mol. The van der Waals surface area contributed by atoms with E-state index in [1.807, 2.05) is 29.2 Å².